The van der Waals surface area contributed by atoms with Crippen molar-refractivity contribution in [1.82, 2.24) is 0 Å². The molecule has 0 spiro atoms. The van der Waals surface area contributed by atoms with E-state index in [1.807, 2.05) is 0 Å². The zero-order valence-corrected chi connectivity index (χ0v) is 7.41. The van der Waals surface area contributed by atoms with Gasteiger partial charge in [-0.05, 0) is 12.1 Å². The predicted molar refractivity (Wildman–Crippen MR) is 53.4 cm³/mol. The summed E-state index contributed by atoms with van der Waals surface area (Å²) in [4.78, 5) is 9.79. The first-order valence-electron chi connectivity index (χ1n) is 3.38. The Labute approximate surface area is 79.8 Å². The Hall–Kier alpha value is -1.56. The third-order valence-electron chi connectivity index (χ3n) is 1.34. The second-order valence-corrected chi connectivity index (χ2v) is 2.72. The normalized spacial score (nSPS) is 9.31. The molecule has 0 fully saturated rings. The van der Waals surface area contributed by atoms with E-state index in [0.29, 0.717) is 5.69 Å². The van der Waals surface area contributed by atoms with Crippen LogP contribution in [0.1, 0.15) is 0 Å². The molecule has 0 aliphatic rings. The van der Waals surface area contributed by atoms with Gasteiger partial charge in [0.15, 0.2) is 5.17 Å². The van der Waals surface area contributed by atoms with Crippen LogP contribution in [0.5, 0.6) is 0 Å². The molecule has 1 aromatic carbocycles. The standard InChI is InChI=1S/C7H7N3O2S/c8-7(13)9-5-1-3-6(4-2-5)10(11)12/h1-4H,(H3,8,9,13). The molecule has 13 heavy (non-hydrogen) atoms. The Morgan fingerprint density at radius 2 is 2.00 bits per heavy atom. The molecule has 0 saturated heterocycles. The second-order valence-electron chi connectivity index (χ2n) is 2.28. The summed E-state index contributed by atoms with van der Waals surface area (Å²) in [6.45, 7) is 0. The molecule has 1 aromatic rings. The van der Waals surface area contributed by atoms with Gasteiger partial charge in [-0.2, -0.15) is 0 Å². The zero-order valence-electron chi connectivity index (χ0n) is 6.52. The fraction of sp³-hybridized carbons (Fsp3) is 0. The van der Waals surface area contributed by atoms with Gasteiger partial charge in [-0.25, -0.2) is 0 Å². The number of nitro groups is 1. The third kappa shape index (κ3) is 2.75. The van der Waals surface area contributed by atoms with E-state index >= 15 is 0 Å². The minimum absolute atomic E-state index is 0.00569. The maximum Gasteiger partial charge on any atom is 0.269 e. The lowest BCUT2D eigenvalue weighted by molar-refractivity contribution is -0.384. The molecule has 5 nitrogen and oxygen atoms in total. The van der Waals surface area contributed by atoms with Crippen LogP contribution >= 0.6 is 12.6 Å². The molecule has 0 aromatic heterocycles. The summed E-state index contributed by atoms with van der Waals surface area (Å²) in [5, 5.41) is 19.8. The summed E-state index contributed by atoms with van der Waals surface area (Å²) in [6, 6.07) is 5.75. The van der Waals surface area contributed by atoms with Crippen molar-refractivity contribution in [2.45, 2.75) is 0 Å². The molecule has 0 unspecified atom stereocenters. The number of nitrogens with zero attached hydrogens (tertiary/aromatic N) is 1. The quantitative estimate of drug-likeness (QED) is 0.222. The van der Waals surface area contributed by atoms with Crippen LogP contribution in [0.3, 0.4) is 0 Å². The smallest absolute Gasteiger partial charge is 0.269 e. The van der Waals surface area contributed by atoms with Crippen molar-refractivity contribution >= 4 is 29.2 Å². The number of hydrogen-bond acceptors (Lipinski definition) is 3. The van der Waals surface area contributed by atoms with Gasteiger partial charge in [0.2, 0.25) is 0 Å². The molecule has 2 N–H and O–H groups in total. The van der Waals surface area contributed by atoms with Crippen LogP contribution in [0.25, 0.3) is 0 Å². The summed E-state index contributed by atoms with van der Waals surface area (Å²) >= 11 is 3.71. The average molecular weight is 197 g/mol. The lowest BCUT2D eigenvalue weighted by Gasteiger charge is -2.01. The number of nitrogens with one attached hydrogen (secondary N) is 2. The molecule has 0 radical (unpaired) electrons. The van der Waals surface area contributed by atoms with Gasteiger partial charge >= 0.3 is 0 Å². The fourth-order valence-corrected chi connectivity index (χ4v) is 0.932. The summed E-state index contributed by atoms with van der Waals surface area (Å²) in [5.74, 6) is 0. The van der Waals surface area contributed by atoms with E-state index in [9.17, 15) is 10.1 Å². The molecular formula is C7H7N3O2S. The van der Waals surface area contributed by atoms with E-state index in [1.54, 1.807) is 0 Å². The molecule has 68 valence electrons. The highest BCUT2D eigenvalue weighted by Crippen LogP contribution is 2.15. The Balaban J connectivity index is 2.81. The second kappa shape index (κ2) is 3.90. The SMILES string of the molecule is N=C(S)Nc1ccc([N+](=O)[O-])cc1. The van der Waals surface area contributed by atoms with Gasteiger partial charge in [0.25, 0.3) is 5.69 Å². The zero-order chi connectivity index (χ0) is 9.84. The monoisotopic (exact) mass is 197 g/mol. The van der Waals surface area contributed by atoms with Crippen molar-refractivity contribution < 1.29 is 4.92 Å². The maximum atomic E-state index is 10.3. The van der Waals surface area contributed by atoms with Crippen LogP contribution in [0, 0.1) is 15.5 Å². The predicted octanol–water partition coefficient (Wildman–Crippen LogP) is 1.87. The summed E-state index contributed by atoms with van der Waals surface area (Å²) < 4.78 is 0. The molecule has 0 saturated carbocycles. The van der Waals surface area contributed by atoms with E-state index < -0.39 is 4.92 Å². The maximum absolute atomic E-state index is 10.3. The van der Waals surface area contributed by atoms with Crippen molar-refractivity contribution in [2.24, 2.45) is 0 Å². The van der Waals surface area contributed by atoms with Crippen LogP contribution in [0.15, 0.2) is 24.3 Å². The molecule has 0 aliphatic heterocycles. The van der Waals surface area contributed by atoms with Crippen molar-refractivity contribution in [2.75, 3.05) is 5.32 Å². The van der Waals surface area contributed by atoms with Crippen LogP contribution < -0.4 is 5.32 Å². The molecule has 6 heteroatoms. The highest BCUT2D eigenvalue weighted by molar-refractivity contribution is 7.97. The van der Waals surface area contributed by atoms with Gasteiger partial charge in [0.1, 0.15) is 0 Å². The van der Waals surface area contributed by atoms with E-state index in [0.717, 1.165) is 0 Å². The number of nitro benzene ring substituents is 1. The lowest BCUT2D eigenvalue weighted by Crippen LogP contribution is -2.01. The van der Waals surface area contributed by atoms with Crippen molar-refractivity contribution in [3.63, 3.8) is 0 Å². The Morgan fingerprint density at radius 1 is 1.46 bits per heavy atom. The third-order valence-corrected chi connectivity index (χ3v) is 1.45. The minimum Gasteiger partial charge on any atom is -0.335 e. The van der Waals surface area contributed by atoms with Crippen molar-refractivity contribution in [3.8, 4) is 0 Å². The van der Waals surface area contributed by atoms with Gasteiger partial charge in [0, 0.05) is 17.8 Å². The highest BCUT2D eigenvalue weighted by Gasteiger charge is 2.03. The first-order chi connectivity index (χ1) is 6.09. The van der Waals surface area contributed by atoms with Gasteiger partial charge in [-0.3, -0.25) is 15.5 Å². The Morgan fingerprint density at radius 3 is 2.38 bits per heavy atom. The topological polar surface area (TPSA) is 79.0 Å². The van der Waals surface area contributed by atoms with E-state index in [4.69, 9.17) is 5.41 Å². The summed E-state index contributed by atoms with van der Waals surface area (Å²) in [7, 11) is 0. The van der Waals surface area contributed by atoms with Crippen LogP contribution in [0.4, 0.5) is 11.4 Å². The molecular weight excluding hydrogens is 190 g/mol. The molecule has 0 bridgehead atoms. The summed E-state index contributed by atoms with van der Waals surface area (Å²) in [6.07, 6.45) is 0. The average Bonchev–Trinajstić information content (AvgIpc) is 2.04. The number of non-ortho nitro benzene ring substituents is 1. The fourth-order valence-electron chi connectivity index (χ4n) is 0.803. The van der Waals surface area contributed by atoms with Crippen molar-refractivity contribution in [3.05, 3.63) is 34.4 Å². The van der Waals surface area contributed by atoms with E-state index in [2.05, 4.69) is 17.9 Å². The van der Waals surface area contributed by atoms with E-state index in [-0.39, 0.29) is 10.9 Å². The first kappa shape index (κ1) is 9.53. The van der Waals surface area contributed by atoms with Gasteiger partial charge in [-0.1, -0.05) is 0 Å². The first-order valence-corrected chi connectivity index (χ1v) is 3.83. The largest absolute Gasteiger partial charge is 0.335 e. The molecule has 0 aliphatic carbocycles. The number of hydrogen-bond donors (Lipinski definition) is 3. The molecule has 0 amide bonds. The van der Waals surface area contributed by atoms with Crippen LogP contribution in [-0.4, -0.2) is 10.1 Å². The Bertz CT molecular complexity index is 336. The van der Waals surface area contributed by atoms with E-state index in [1.165, 1.54) is 24.3 Å². The Kier molecular flexibility index (Phi) is 2.86. The highest BCUT2D eigenvalue weighted by atomic mass is 32.1. The number of thiol groups is 1. The minimum atomic E-state index is -0.476. The summed E-state index contributed by atoms with van der Waals surface area (Å²) in [5.41, 5.74) is 0.627. The number of rotatable bonds is 2. The van der Waals surface area contributed by atoms with Gasteiger partial charge in [0.05, 0.1) is 4.92 Å². The number of benzene rings is 1. The van der Waals surface area contributed by atoms with Crippen molar-refractivity contribution in [1.29, 1.82) is 5.41 Å². The van der Waals surface area contributed by atoms with Gasteiger partial charge < -0.3 is 5.32 Å². The molecule has 0 atom stereocenters. The molecule has 1 rings (SSSR count). The number of anilines is 1. The van der Waals surface area contributed by atoms with Crippen LogP contribution in [-0.2, 0) is 0 Å². The number of amidine groups is 1. The van der Waals surface area contributed by atoms with Gasteiger partial charge in [-0.15, -0.1) is 12.6 Å². The van der Waals surface area contributed by atoms with Crippen LogP contribution in [0.2, 0.25) is 0 Å². The lowest BCUT2D eigenvalue weighted by atomic mass is 10.3. The molecule has 0 heterocycles.